The van der Waals surface area contributed by atoms with Gasteiger partial charge in [0.1, 0.15) is 0 Å². The smallest absolute Gasteiger partial charge is 0.251 e. The fraction of sp³-hybridized carbons (Fsp3) is 0.462. The van der Waals surface area contributed by atoms with E-state index in [1.54, 1.807) is 48.5 Å². The predicted octanol–water partition coefficient (Wildman–Crippen LogP) is 2.80. The number of carbonyl (C=O) groups is 2. The summed E-state index contributed by atoms with van der Waals surface area (Å²) in [5, 5.41) is 7.08. The zero-order chi connectivity index (χ0) is 25.6. The molecule has 0 saturated carbocycles. The Balaban J connectivity index is 0.000000201. The molecule has 0 radical (unpaired) electrons. The lowest BCUT2D eigenvalue weighted by molar-refractivity contribution is 0.0382. The molecule has 2 aliphatic heterocycles. The van der Waals surface area contributed by atoms with Gasteiger partial charge in [0.25, 0.3) is 11.8 Å². The number of morpholine rings is 2. The van der Waals surface area contributed by atoms with Gasteiger partial charge >= 0.3 is 0 Å². The number of ether oxygens (including phenoxy) is 2. The van der Waals surface area contributed by atoms with Crippen LogP contribution in [0.5, 0.6) is 0 Å². The number of nitrogens with one attached hydrogen (secondary N) is 2. The van der Waals surface area contributed by atoms with E-state index in [9.17, 15) is 9.59 Å². The molecular formula is C26H34Cl2N4O4. The molecule has 2 N–H and O–H groups in total. The lowest BCUT2D eigenvalue weighted by Gasteiger charge is -2.26. The van der Waals surface area contributed by atoms with Crippen molar-refractivity contribution in [3.63, 3.8) is 0 Å². The number of carbonyl (C=O) groups excluding carboxylic acids is 2. The Kier molecular flexibility index (Phi) is 12.5. The first-order valence-corrected chi connectivity index (χ1v) is 12.9. The van der Waals surface area contributed by atoms with Crippen LogP contribution in [0.4, 0.5) is 0 Å². The van der Waals surface area contributed by atoms with Gasteiger partial charge in [0.05, 0.1) is 26.4 Å². The van der Waals surface area contributed by atoms with Gasteiger partial charge in [-0.05, 0) is 48.5 Å². The Hall–Kier alpha value is -2.20. The first-order valence-electron chi connectivity index (χ1n) is 12.2. The Morgan fingerprint density at radius 1 is 0.639 bits per heavy atom. The summed E-state index contributed by atoms with van der Waals surface area (Å²) in [5.41, 5.74) is 1.28. The van der Waals surface area contributed by atoms with Crippen LogP contribution >= 0.6 is 23.2 Å². The molecule has 2 saturated heterocycles. The molecule has 8 nitrogen and oxygen atoms in total. The lowest BCUT2D eigenvalue weighted by atomic mass is 10.2. The summed E-state index contributed by atoms with van der Waals surface area (Å²) in [5.74, 6) is -0.111. The van der Waals surface area contributed by atoms with E-state index in [-0.39, 0.29) is 11.8 Å². The minimum atomic E-state index is -0.0556. The highest BCUT2D eigenvalue weighted by Crippen LogP contribution is 2.10. The average molecular weight is 537 g/mol. The number of amides is 2. The largest absolute Gasteiger partial charge is 0.379 e. The molecule has 10 heteroatoms. The van der Waals surface area contributed by atoms with E-state index in [0.29, 0.717) is 34.3 Å². The average Bonchev–Trinajstić information content (AvgIpc) is 2.91. The van der Waals surface area contributed by atoms with Gasteiger partial charge in [-0.15, -0.1) is 0 Å². The molecule has 0 atom stereocenters. The molecule has 4 rings (SSSR count). The molecule has 2 aliphatic rings. The quantitative estimate of drug-likeness (QED) is 0.539. The second-order valence-electron chi connectivity index (χ2n) is 8.43. The summed E-state index contributed by atoms with van der Waals surface area (Å²) in [6.45, 7) is 9.93. The summed E-state index contributed by atoms with van der Waals surface area (Å²) in [4.78, 5) is 28.2. The van der Waals surface area contributed by atoms with E-state index in [1.165, 1.54) is 0 Å². The van der Waals surface area contributed by atoms with Gasteiger partial charge in [0.2, 0.25) is 0 Å². The Morgan fingerprint density at radius 2 is 0.972 bits per heavy atom. The van der Waals surface area contributed by atoms with Gasteiger partial charge in [0, 0.05) is 73.5 Å². The standard InChI is InChI=1S/2C13H17ClN2O2/c2*14-12-3-1-11(2-4-12)13(17)15-5-6-16-7-9-18-10-8-16/h2*1-4H,5-10H2,(H,15,17). The van der Waals surface area contributed by atoms with Crippen molar-refractivity contribution >= 4 is 35.0 Å². The maximum atomic E-state index is 11.8. The van der Waals surface area contributed by atoms with E-state index in [0.717, 1.165) is 65.7 Å². The van der Waals surface area contributed by atoms with Crippen molar-refractivity contribution in [3.05, 3.63) is 69.7 Å². The number of hydrogen-bond donors (Lipinski definition) is 2. The van der Waals surface area contributed by atoms with Crippen LogP contribution in [-0.4, -0.2) is 100 Å². The number of nitrogens with zero attached hydrogens (tertiary/aromatic N) is 2. The fourth-order valence-electron chi connectivity index (χ4n) is 3.71. The van der Waals surface area contributed by atoms with Gasteiger partial charge in [-0.2, -0.15) is 0 Å². The van der Waals surface area contributed by atoms with Crippen molar-refractivity contribution in [3.8, 4) is 0 Å². The van der Waals surface area contributed by atoms with Gasteiger partial charge in [-0.1, -0.05) is 23.2 Å². The lowest BCUT2D eigenvalue weighted by Crippen LogP contribution is -2.41. The molecule has 2 amide bonds. The number of halogens is 2. The first-order chi connectivity index (χ1) is 17.5. The van der Waals surface area contributed by atoms with Crippen LogP contribution < -0.4 is 10.6 Å². The molecule has 0 aromatic heterocycles. The highest BCUT2D eigenvalue weighted by molar-refractivity contribution is 6.31. The third-order valence-electron chi connectivity index (χ3n) is 5.85. The predicted molar refractivity (Wildman–Crippen MR) is 142 cm³/mol. The van der Waals surface area contributed by atoms with Crippen molar-refractivity contribution < 1.29 is 19.1 Å². The summed E-state index contributed by atoms with van der Waals surface area (Å²) in [6.07, 6.45) is 0. The molecule has 2 fully saturated rings. The third kappa shape index (κ3) is 10.4. The molecule has 0 aliphatic carbocycles. The monoisotopic (exact) mass is 536 g/mol. The number of rotatable bonds is 8. The van der Waals surface area contributed by atoms with E-state index in [2.05, 4.69) is 20.4 Å². The van der Waals surface area contributed by atoms with Crippen LogP contribution in [0.1, 0.15) is 20.7 Å². The summed E-state index contributed by atoms with van der Waals surface area (Å²) in [7, 11) is 0. The molecule has 196 valence electrons. The van der Waals surface area contributed by atoms with Crippen molar-refractivity contribution in [2.45, 2.75) is 0 Å². The minimum absolute atomic E-state index is 0.0556. The SMILES string of the molecule is O=C(NCCN1CCOCC1)c1ccc(Cl)cc1.O=C(NCCN1CCOCC1)c1ccc(Cl)cc1. The molecule has 2 heterocycles. The zero-order valence-corrected chi connectivity index (χ0v) is 21.9. The molecule has 2 aromatic carbocycles. The zero-order valence-electron chi connectivity index (χ0n) is 20.4. The van der Waals surface area contributed by atoms with Crippen LogP contribution in [0.3, 0.4) is 0 Å². The van der Waals surface area contributed by atoms with Crippen LogP contribution in [0.15, 0.2) is 48.5 Å². The molecule has 0 unspecified atom stereocenters. The molecule has 36 heavy (non-hydrogen) atoms. The van der Waals surface area contributed by atoms with E-state index < -0.39 is 0 Å². The summed E-state index contributed by atoms with van der Waals surface area (Å²) < 4.78 is 10.5. The van der Waals surface area contributed by atoms with Crippen molar-refractivity contribution in [1.82, 2.24) is 20.4 Å². The molecule has 2 aromatic rings. The topological polar surface area (TPSA) is 83.1 Å². The Labute approximate surface area is 222 Å². The van der Waals surface area contributed by atoms with E-state index >= 15 is 0 Å². The van der Waals surface area contributed by atoms with Crippen molar-refractivity contribution in [2.75, 3.05) is 78.8 Å². The summed E-state index contributed by atoms with van der Waals surface area (Å²) in [6, 6.07) is 13.8. The molecule has 0 spiro atoms. The number of benzene rings is 2. The maximum absolute atomic E-state index is 11.8. The van der Waals surface area contributed by atoms with Crippen LogP contribution in [0, 0.1) is 0 Å². The second kappa shape index (κ2) is 15.8. The highest BCUT2D eigenvalue weighted by atomic mass is 35.5. The van der Waals surface area contributed by atoms with E-state index in [4.69, 9.17) is 32.7 Å². The van der Waals surface area contributed by atoms with Crippen molar-refractivity contribution in [1.29, 1.82) is 0 Å². The van der Waals surface area contributed by atoms with Gasteiger partial charge in [0.15, 0.2) is 0 Å². The van der Waals surface area contributed by atoms with E-state index in [1.807, 2.05) is 0 Å². The normalized spacial score (nSPS) is 16.5. The fourth-order valence-corrected chi connectivity index (χ4v) is 3.96. The van der Waals surface area contributed by atoms with Gasteiger partial charge < -0.3 is 20.1 Å². The molecule has 0 bridgehead atoms. The van der Waals surface area contributed by atoms with Crippen LogP contribution in [0.2, 0.25) is 10.0 Å². The Bertz CT molecular complexity index is 854. The third-order valence-corrected chi connectivity index (χ3v) is 6.35. The van der Waals surface area contributed by atoms with Gasteiger partial charge in [-0.3, -0.25) is 19.4 Å². The maximum Gasteiger partial charge on any atom is 0.251 e. The van der Waals surface area contributed by atoms with Crippen LogP contribution in [0.25, 0.3) is 0 Å². The number of hydrogen-bond acceptors (Lipinski definition) is 6. The minimum Gasteiger partial charge on any atom is -0.379 e. The van der Waals surface area contributed by atoms with Crippen LogP contribution in [-0.2, 0) is 9.47 Å². The van der Waals surface area contributed by atoms with Gasteiger partial charge in [-0.25, -0.2) is 0 Å². The molecular weight excluding hydrogens is 503 g/mol. The van der Waals surface area contributed by atoms with Crippen molar-refractivity contribution in [2.24, 2.45) is 0 Å². The Morgan fingerprint density at radius 3 is 1.31 bits per heavy atom. The second-order valence-corrected chi connectivity index (χ2v) is 9.31. The summed E-state index contributed by atoms with van der Waals surface area (Å²) >= 11 is 11.5. The highest BCUT2D eigenvalue weighted by Gasteiger charge is 2.12. The first kappa shape index (κ1) is 28.4.